The zero-order valence-corrected chi connectivity index (χ0v) is 12.0. The van der Waals surface area contributed by atoms with Gasteiger partial charge in [0.1, 0.15) is 0 Å². The highest BCUT2D eigenvalue weighted by Crippen LogP contribution is 2.14. The van der Waals surface area contributed by atoms with Crippen molar-refractivity contribution in [1.82, 2.24) is 9.80 Å². The number of ether oxygens (including phenoxy) is 1. The van der Waals surface area contributed by atoms with Crippen LogP contribution < -0.4 is 5.73 Å². The monoisotopic (exact) mass is 269 g/mol. The minimum absolute atomic E-state index is 0.112. The summed E-state index contributed by atoms with van der Waals surface area (Å²) in [6.07, 6.45) is 4.53. The van der Waals surface area contributed by atoms with Gasteiger partial charge in [0, 0.05) is 32.8 Å². The molecule has 0 saturated carbocycles. The molecule has 5 nitrogen and oxygen atoms in total. The molecule has 2 rings (SSSR count). The third-order valence-corrected chi connectivity index (χ3v) is 4.14. The van der Waals surface area contributed by atoms with Crippen LogP contribution in [0.25, 0.3) is 0 Å². The van der Waals surface area contributed by atoms with Crippen LogP contribution in [0, 0.1) is 0 Å². The summed E-state index contributed by atoms with van der Waals surface area (Å²) in [6.45, 7) is 7.54. The molecule has 0 spiro atoms. The number of amides is 1. The Bertz CT molecular complexity index is 292. The van der Waals surface area contributed by atoms with Crippen molar-refractivity contribution >= 4 is 5.91 Å². The lowest BCUT2D eigenvalue weighted by molar-refractivity contribution is -0.132. The summed E-state index contributed by atoms with van der Waals surface area (Å²) in [7, 11) is 0. The van der Waals surface area contributed by atoms with Gasteiger partial charge in [-0.2, -0.15) is 0 Å². The van der Waals surface area contributed by atoms with Gasteiger partial charge in [-0.05, 0) is 32.2 Å². The Balaban J connectivity index is 1.78. The summed E-state index contributed by atoms with van der Waals surface area (Å²) in [5, 5.41) is 0. The molecule has 0 aromatic heterocycles. The van der Waals surface area contributed by atoms with Crippen molar-refractivity contribution in [3.8, 4) is 0 Å². The molecule has 2 N–H and O–H groups in total. The molecular weight excluding hydrogens is 242 g/mol. The normalized spacial score (nSPS) is 27.3. The topological polar surface area (TPSA) is 58.8 Å². The molecule has 0 aliphatic carbocycles. The Morgan fingerprint density at radius 2 is 2.16 bits per heavy atom. The second-order valence-corrected chi connectivity index (χ2v) is 5.63. The zero-order valence-electron chi connectivity index (χ0n) is 12.0. The largest absolute Gasteiger partial charge is 0.377 e. The van der Waals surface area contributed by atoms with Crippen molar-refractivity contribution in [2.75, 3.05) is 39.3 Å². The molecule has 2 heterocycles. The molecule has 2 atom stereocenters. The number of nitrogens with two attached hydrogens (primary N) is 1. The molecule has 0 radical (unpaired) electrons. The molecule has 1 unspecified atom stereocenters. The van der Waals surface area contributed by atoms with Gasteiger partial charge in [-0.25, -0.2) is 0 Å². The lowest BCUT2D eigenvalue weighted by Gasteiger charge is -2.25. The second-order valence-electron chi connectivity index (χ2n) is 5.63. The lowest BCUT2D eigenvalue weighted by atomic mass is 10.2. The fraction of sp³-hybridized carbons (Fsp3) is 0.929. The van der Waals surface area contributed by atoms with Crippen molar-refractivity contribution < 1.29 is 9.53 Å². The van der Waals surface area contributed by atoms with Crippen molar-refractivity contribution in [2.45, 2.75) is 44.8 Å². The standard InChI is InChI=1S/C14H27N3O2/c1-2-13(15)14(18)17-7-4-6-16(8-9-17)11-12-5-3-10-19-12/h12-13H,2-11,15H2,1H3/t12?,13-/m0/s1. The summed E-state index contributed by atoms with van der Waals surface area (Å²) < 4.78 is 5.68. The Morgan fingerprint density at radius 1 is 1.32 bits per heavy atom. The van der Waals surface area contributed by atoms with Crippen LogP contribution in [0.15, 0.2) is 0 Å². The summed E-state index contributed by atoms with van der Waals surface area (Å²) in [5.74, 6) is 0.112. The summed E-state index contributed by atoms with van der Waals surface area (Å²) in [4.78, 5) is 16.5. The predicted molar refractivity (Wildman–Crippen MR) is 74.9 cm³/mol. The average molecular weight is 269 g/mol. The molecule has 0 aromatic rings. The maximum absolute atomic E-state index is 12.1. The number of rotatable bonds is 4. The van der Waals surface area contributed by atoms with E-state index in [0.29, 0.717) is 6.10 Å². The maximum Gasteiger partial charge on any atom is 0.239 e. The highest BCUT2D eigenvalue weighted by atomic mass is 16.5. The first-order valence-corrected chi connectivity index (χ1v) is 7.59. The van der Waals surface area contributed by atoms with Crippen LogP contribution in [0.3, 0.4) is 0 Å². The van der Waals surface area contributed by atoms with E-state index in [1.165, 1.54) is 12.8 Å². The first-order chi connectivity index (χ1) is 9.20. The van der Waals surface area contributed by atoms with Gasteiger partial charge < -0.3 is 15.4 Å². The molecule has 2 aliphatic rings. The Hall–Kier alpha value is -0.650. The maximum atomic E-state index is 12.1. The zero-order chi connectivity index (χ0) is 13.7. The number of carbonyl (C=O) groups is 1. The fourth-order valence-electron chi connectivity index (χ4n) is 2.86. The summed E-state index contributed by atoms with van der Waals surface area (Å²) in [5.41, 5.74) is 5.84. The smallest absolute Gasteiger partial charge is 0.239 e. The highest BCUT2D eigenvalue weighted by Gasteiger charge is 2.25. The van der Waals surface area contributed by atoms with E-state index in [1.54, 1.807) is 0 Å². The second kappa shape index (κ2) is 7.22. The number of hydrogen-bond acceptors (Lipinski definition) is 4. The van der Waals surface area contributed by atoms with Crippen LogP contribution >= 0.6 is 0 Å². The molecule has 19 heavy (non-hydrogen) atoms. The van der Waals surface area contributed by atoms with Crippen LogP contribution in [0.5, 0.6) is 0 Å². The summed E-state index contributed by atoms with van der Waals surface area (Å²) >= 11 is 0. The van der Waals surface area contributed by atoms with E-state index in [0.717, 1.165) is 52.2 Å². The van der Waals surface area contributed by atoms with E-state index in [9.17, 15) is 4.79 Å². The Morgan fingerprint density at radius 3 is 2.84 bits per heavy atom. The van der Waals surface area contributed by atoms with Gasteiger partial charge in [-0.1, -0.05) is 6.92 Å². The Kier molecular flexibility index (Phi) is 5.60. The molecule has 5 heteroatoms. The summed E-state index contributed by atoms with van der Waals surface area (Å²) in [6, 6.07) is -0.329. The van der Waals surface area contributed by atoms with Gasteiger partial charge in [0.25, 0.3) is 0 Å². The van der Waals surface area contributed by atoms with E-state index in [4.69, 9.17) is 10.5 Å². The first-order valence-electron chi connectivity index (χ1n) is 7.59. The molecule has 110 valence electrons. The fourth-order valence-corrected chi connectivity index (χ4v) is 2.86. The third-order valence-electron chi connectivity index (χ3n) is 4.14. The molecule has 2 aliphatic heterocycles. The Labute approximate surface area is 116 Å². The highest BCUT2D eigenvalue weighted by molar-refractivity contribution is 5.81. The van der Waals surface area contributed by atoms with Gasteiger partial charge in [0.05, 0.1) is 12.1 Å². The lowest BCUT2D eigenvalue weighted by Crippen LogP contribution is -2.45. The van der Waals surface area contributed by atoms with E-state index < -0.39 is 0 Å². The minimum Gasteiger partial charge on any atom is -0.377 e. The molecular formula is C14H27N3O2. The molecule has 2 fully saturated rings. The van der Waals surface area contributed by atoms with Crippen molar-refractivity contribution in [2.24, 2.45) is 5.73 Å². The van der Waals surface area contributed by atoms with Gasteiger partial charge >= 0.3 is 0 Å². The molecule has 2 saturated heterocycles. The van der Waals surface area contributed by atoms with Crippen molar-refractivity contribution in [1.29, 1.82) is 0 Å². The first kappa shape index (κ1) is 14.8. The van der Waals surface area contributed by atoms with E-state index in [1.807, 2.05) is 11.8 Å². The van der Waals surface area contributed by atoms with Gasteiger partial charge in [0.15, 0.2) is 0 Å². The van der Waals surface area contributed by atoms with Crippen LogP contribution in [0.2, 0.25) is 0 Å². The van der Waals surface area contributed by atoms with Gasteiger partial charge in [-0.3, -0.25) is 9.69 Å². The molecule has 0 aromatic carbocycles. The number of carbonyl (C=O) groups excluding carboxylic acids is 1. The number of nitrogens with zero attached hydrogens (tertiary/aromatic N) is 2. The van der Waals surface area contributed by atoms with Crippen LogP contribution in [0.1, 0.15) is 32.6 Å². The minimum atomic E-state index is -0.329. The molecule has 1 amide bonds. The quantitative estimate of drug-likeness (QED) is 0.804. The van der Waals surface area contributed by atoms with Crippen LogP contribution in [0.4, 0.5) is 0 Å². The third kappa shape index (κ3) is 4.16. The number of hydrogen-bond donors (Lipinski definition) is 1. The average Bonchev–Trinajstić information content (AvgIpc) is 2.82. The van der Waals surface area contributed by atoms with E-state index in [-0.39, 0.29) is 11.9 Å². The van der Waals surface area contributed by atoms with Gasteiger partial charge in [0.2, 0.25) is 5.91 Å². The van der Waals surface area contributed by atoms with Crippen LogP contribution in [-0.2, 0) is 9.53 Å². The van der Waals surface area contributed by atoms with Gasteiger partial charge in [-0.15, -0.1) is 0 Å². The van der Waals surface area contributed by atoms with Crippen LogP contribution in [-0.4, -0.2) is 67.2 Å². The van der Waals surface area contributed by atoms with E-state index >= 15 is 0 Å². The predicted octanol–water partition coefficient (Wildman–Crippen LogP) is 0.437. The van der Waals surface area contributed by atoms with Crippen molar-refractivity contribution in [3.63, 3.8) is 0 Å². The SMILES string of the molecule is CC[C@H](N)C(=O)N1CCCN(CC2CCCO2)CC1. The van der Waals surface area contributed by atoms with E-state index in [2.05, 4.69) is 4.90 Å². The van der Waals surface area contributed by atoms with Crippen molar-refractivity contribution in [3.05, 3.63) is 0 Å². The molecule has 0 bridgehead atoms.